The number of carbonyl (C=O) groups is 1. The van der Waals surface area contributed by atoms with Gasteiger partial charge in [0.15, 0.2) is 0 Å². The van der Waals surface area contributed by atoms with Crippen LogP contribution in [0.15, 0.2) is 65.5 Å². The molecule has 0 N–H and O–H groups in total. The number of hydrogen-bond donors (Lipinski definition) is 0. The van der Waals surface area contributed by atoms with Crippen molar-refractivity contribution in [3.8, 4) is 12.1 Å². The minimum Gasteiger partial charge on any atom is -0.467 e. The van der Waals surface area contributed by atoms with Gasteiger partial charge in [-0.05, 0) is 54.4 Å². The van der Waals surface area contributed by atoms with Gasteiger partial charge in [0.05, 0.1) is 24.4 Å². The fraction of sp³-hybridized carbons (Fsp3) is 0.258. The number of fused-ring (bicyclic) bond motifs is 1. The third-order valence-corrected chi connectivity index (χ3v) is 7.69. The average molecular weight is 569 g/mol. The second kappa shape index (κ2) is 11.4. The molecule has 0 aliphatic carbocycles. The SMILES string of the molecule is COC(=O)C1CN(C(c2ccc(F)cc2)c2ccc(F)cc2)[C@H](C)CN1c1c(C#N)c(=O)n(C)c2ccc(C#N)nc12. The minimum atomic E-state index is -0.996. The lowest BCUT2D eigenvalue weighted by molar-refractivity contribution is -0.143. The minimum absolute atomic E-state index is 0.0762. The van der Waals surface area contributed by atoms with Gasteiger partial charge < -0.3 is 14.2 Å². The van der Waals surface area contributed by atoms with Crippen LogP contribution in [-0.2, 0) is 16.6 Å². The summed E-state index contributed by atoms with van der Waals surface area (Å²) < 4.78 is 34.2. The van der Waals surface area contributed by atoms with Crippen LogP contribution >= 0.6 is 0 Å². The summed E-state index contributed by atoms with van der Waals surface area (Å²) >= 11 is 0. The highest BCUT2D eigenvalue weighted by molar-refractivity contribution is 5.94. The molecule has 2 aromatic heterocycles. The molecule has 9 nitrogen and oxygen atoms in total. The summed E-state index contributed by atoms with van der Waals surface area (Å²) in [6.45, 7) is 2.16. The van der Waals surface area contributed by atoms with Gasteiger partial charge in [0, 0.05) is 26.2 Å². The van der Waals surface area contributed by atoms with E-state index in [4.69, 9.17) is 4.74 Å². The number of carbonyl (C=O) groups excluding carboxylic acids is 1. The van der Waals surface area contributed by atoms with E-state index in [-0.39, 0.29) is 41.6 Å². The van der Waals surface area contributed by atoms with Gasteiger partial charge in [-0.1, -0.05) is 24.3 Å². The highest BCUT2D eigenvalue weighted by atomic mass is 19.1. The molecule has 1 aliphatic rings. The van der Waals surface area contributed by atoms with Crippen LogP contribution < -0.4 is 10.5 Å². The maximum atomic E-state index is 13.9. The number of methoxy groups -OCH3 is 1. The predicted molar refractivity (Wildman–Crippen MR) is 150 cm³/mol. The number of aromatic nitrogens is 2. The maximum Gasteiger partial charge on any atom is 0.329 e. The van der Waals surface area contributed by atoms with Gasteiger partial charge in [0.1, 0.15) is 46.6 Å². The van der Waals surface area contributed by atoms with Crippen molar-refractivity contribution in [1.82, 2.24) is 14.5 Å². The number of benzene rings is 2. The molecular formula is C31H26F2N6O3. The van der Waals surface area contributed by atoms with E-state index >= 15 is 0 Å². The Morgan fingerprint density at radius 2 is 1.57 bits per heavy atom. The van der Waals surface area contributed by atoms with Crippen LogP contribution in [0.3, 0.4) is 0 Å². The van der Waals surface area contributed by atoms with Crippen LogP contribution in [0.5, 0.6) is 0 Å². The van der Waals surface area contributed by atoms with Crippen LogP contribution in [0.1, 0.15) is 35.3 Å². The molecule has 4 aromatic rings. The van der Waals surface area contributed by atoms with Crippen molar-refractivity contribution < 1.29 is 18.3 Å². The number of pyridine rings is 2. The van der Waals surface area contributed by atoms with Gasteiger partial charge in [0.2, 0.25) is 0 Å². The number of aryl methyl sites for hydroxylation is 1. The maximum absolute atomic E-state index is 13.9. The molecule has 1 unspecified atom stereocenters. The van der Waals surface area contributed by atoms with Gasteiger partial charge >= 0.3 is 5.97 Å². The Morgan fingerprint density at radius 1 is 0.976 bits per heavy atom. The second-order valence-corrected chi connectivity index (χ2v) is 10.1. The number of halogens is 2. The molecule has 0 saturated carbocycles. The zero-order valence-electron chi connectivity index (χ0n) is 23.1. The lowest BCUT2D eigenvalue weighted by Crippen LogP contribution is -2.61. The smallest absolute Gasteiger partial charge is 0.329 e. The average Bonchev–Trinajstić information content (AvgIpc) is 3.00. The van der Waals surface area contributed by atoms with Crippen molar-refractivity contribution in [2.45, 2.75) is 25.0 Å². The quantitative estimate of drug-likeness (QED) is 0.334. The fourth-order valence-corrected chi connectivity index (χ4v) is 5.64. The van der Waals surface area contributed by atoms with Gasteiger partial charge in [0.25, 0.3) is 5.56 Å². The van der Waals surface area contributed by atoms with Crippen LogP contribution in [0.4, 0.5) is 14.5 Å². The zero-order chi connectivity index (χ0) is 30.1. The summed E-state index contributed by atoms with van der Waals surface area (Å²) in [7, 11) is 2.76. The van der Waals surface area contributed by atoms with Crippen LogP contribution in [-0.4, -0.2) is 52.7 Å². The van der Waals surface area contributed by atoms with E-state index in [1.165, 1.54) is 49.1 Å². The van der Waals surface area contributed by atoms with E-state index in [0.717, 1.165) is 11.1 Å². The molecule has 3 heterocycles. The molecule has 0 bridgehead atoms. The highest BCUT2D eigenvalue weighted by Crippen LogP contribution is 2.37. The van der Waals surface area contributed by atoms with E-state index in [1.54, 1.807) is 35.2 Å². The molecule has 0 radical (unpaired) electrons. The third kappa shape index (κ3) is 4.95. The lowest BCUT2D eigenvalue weighted by atomic mass is 9.92. The first-order chi connectivity index (χ1) is 20.2. The predicted octanol–water partition coefficient (Wildman–Crippen LogP) is 3.80. The molecule has 212 valence electrons. The number of anilines is 1. The fourth-order valence-electron chi connectivity index (χ4n) is 5.64. The van der Waals surface area contributed by atoms with Crippen molar-refractivity contribution in [2.24, 2.45) is 7.05 Å². The van der Waals surface area contributed by atoms with Crippen LogP contribution in [0.25, 0.3) is 11.0 Å². The Balaban J connectivity index is 1.69. The largest absolute Gasteiger partial charge is 0.467 e. The van der Waals surface area contributed by atoms with Gasteiger partial charge in [-0.25, -0.2) is 18.6 Å². The third-order valence-electron chi connectivity index (χ3n) is 7.69. The number of rotatable bonds is 5. The van der Waals surface area contributed by atoms with E-state index in [0.29, 0.717) is 5.52 Å². The number of esters is 1. The molecule has 5 rings (SSSR count). The Hall–Kier alpha value is -5.13. The van der Waals surface area contributed by atoms with E-state index < -0.39 is 35.2 Å². The number of piperazine rings is 1. The molecule has 1 fully saturated rings. The highest BCUT2D eigenvalue weighted by Gasteiger charge is 2.42. The molecule has 0 spiro atoms. The van der Waals surface area contributed by atoms with E-state index in [1.807, 2.05) is 24.0 Å². The lowest BCUT2D eigenvalue weighted by Gasteiger charge is -2.48. The molecule has 1 aliphatic heterocycles. The Labute approximate surface area is 240 Å². The Bertz CT molecular complexity index is 1760. The standard InChI is InChI=1S/C31H26F2N6O3/c1-18-16-39(29-24(15-35)30(40)37(2)25-13-12-23(14-34)36-27(25)29)26(31(41)42-3)17-38(18)28(19-4-8-21(32)9-5-19)20-6-10-22(33)11-7-20/h4-13,18,26,28H,16-17H2,1-3H3/t18-,26?/m1/s1. The van der Waals surface area contributed by atoms with Crippen molar-refractivity contribution in [2.75, 3.05) is 25.1 Å². The Kier molecular flexibility index (Phi) is 7.70. The monoisotopic (exact) mass is 568 g/mol. The summed E-state index contributed by atoms with van der Waals surface area (Å²) in [4.78, 5) is 34.8. The first kappa shape index (κ1) is 28.4. The summed E-state index contributed by atoms with van der Waals surface area (Å²) in [5, 5.41) is 19.6. The summed E-state index contributed by atoms with van der Waals surface area (Å²) in [6.07, 6.45) is 0. The van der Waals surface area contributed by atoms with Gasteiger partial charge in [-0.15, -0.1) is 0 Å². The zero-order valence-corrected chi connectivity index (χ0v) is 23.1. The van der Waals surface area contributed by atoms with Crippen molar-refractivity contribution in [3.63, 3.8) is 0 Å². The number of nitriles is 2. The molecule has 2 atom stereocenters. The molecule has 2 aromatic carbocycles. The topological polar surface area (TPSA) is 115 Å². The summed E-state index contributed by atoms with van der Waals surface area (Å²) in [5.74, 6) is -1.43. The normalized spacial score (nSPS) is 17.2. The molecule has 42 heavy (non-hydrogen) atoms. The number of nitrogens with zero attached hydrogens (tertiary/aromatic N) is 6. The molecule has 11 heteroatoms. The summed E-state index contributed by atoms with van der Waals surface area (Å²) in [6, 6.07) is 17.2. The first-order valence-electron chi connectivity index (χ1n) is 13.1. The molecular weight excluding hydrogens is 542 g/mol. The van der Waals surface area contributed by atoms with Crippen molar-refractivity contribution in [3.05, 3.63) is 105 Å². The molecule has 1 saturated heterocycles. The Morgan fingerprint density at radius 3 is 2.10 bits per heavy atom. The van der Waals surface area contributed by atoms with Crippen LogP contribution in [0, 0.1) is 34.3 Å². The van der Waals surface area contributed by atoms with E-state index in [2.05, 4.69) is 4.98 Å². The molecule has 0 amide bonds. The van der Waals surface area contributed by atoms with Gasteiger partial charge in [-0.3, -0.25) is 9.69 Å². The van der Waals surface area contributed by atoms with Crippen molar-refractivity contribution >= 4 is 22.7 Å². The van der Waals surface area contributed by atoms with Crippen molar-refractivity contribution in [1.29, 1.82) is 10.5 Å². The summed E-state index contributed by atoms with van der Waals surface area (Å²) in [5.41, 5.74) is 1.53. The number of ether oxygens (including phenoxy) is 1. The van der Waals surface area contributed by atoms with Crippen LogP contribution in [0.2, 0.25) is 0 Å². The number of hydrogen-bond acceptors (Lipinski definition) is 8. The first-order valence-corrected chi connectivity index (χ1v) is 13.1. The van der Waals surface area contributed by atoms with Gasteiger partial charge in [-0.2, -0.15) is 10.5 Å². The second-order valence-electron chi connectivity index (χ2n) is 10.1. The van der Waals surface area contributed by atoms with E-state index in [9.17, 15) is 28.9 Å².